The van der Waals surface area contributed by atoms with Crippen molar-refractivity contribution < 1.29 is 23.7 Å². The Kier molecular flexibility index (Phi) is 5.77. The molecule has 11 heteroatoms. The minimum atomic E-state index is -0.849. The minimum absolute atomic E-state index is 0.124. The number of fused-ring (bicyclic) bond motifs is 2. The number of H-pyrrole nitrogens is 1. The van der Waals surface area contributed by atoms with E-state index in [1.807, 2.05) is 13.1 Å². The number of aromatic nitrogens is 2. The van der Waals surface area contributed by atoms with Crippen LogP contribution in [0.25, 0.3) is 5.69 Å². The molecule has 5 rings (SSSR count). The zero-order chi connectivity index (χ0) is 24.7. The van der Waals surface area contributed by atoms with Crippen molar-refractivity contribution in [2.75, 3.05) is 34.0 Å². The first kappa shape index (κ1) is 22.7. The van der Waals surface area contributed by atoms with Gasteiger partial charge in [-0.05, 0) is 49.4 Å². The van der Waals surface area contributed by atoms with E-state index in [9.17, 15) is 19.1 Å². The van der Waals surface area contributed by atoms with Crippen LogP contribution in [0, 0.1) is 5.82 Å². The van der Waals surface area contributed by atoms with Crippen LogP contribution in [0.15, 0.2) is 44.9 Å². The Bertz CT molecular complexity index is 1430. The summed E-state index contributed by atoms with van der Waals surface area (Å²) in [4.78, 5) is 33.5. The first-order chi connectivity index (χ1) is 16.9. The second-order valence-corrected chi connectivity index (χ2v) is 8.27. The zero-order valence-electron chi connectivity index (χ0n) is 19.1. The van der Waals surface area contributed by atoms with Crippen LogP contribution in [0.5, 0.6) is 23.1 Å². The number of methoxy groups -OCH3 is 1. The maximum atomic E-state index is 13.3. The lowest BCUT2D eigenvalue weighted by atomic mass is 9.91. The zero-order valence-corrected chi connectivity index (χ0v) is 19.1. The standard InChI is InChI=1S/C24H23FN4O6/c1-28-8-7-13-9-18-20(35-12-34-18)21(33-2)19(13)17(28)11-26-10-16-22(30)27-24(32)29(23(16)31)15-5-3-14(25)4-6-15/h3-6,9-10,17,31H,7-8,11-12H2,1-2H3,(H,27,30,32)/t17-/m0/s1. The van der Waals surface area contributed by atoms with Gasteiger partial charge in [0.2, 0.25) is 18.4 Å². The van der Waals surface area contributed by atoms with Crippen LogP contribution < -0.4 is 25.5 Å². The molecule has 35 heavy (non-hydrogen) atoms. The first-order valence-electron chi connectivity index (χ1n) is 10.9. The molecule has 0 amide bonds. The van der Waals surface area contributed by atoms with Crippen LogP contribution in [0.3, 0.4) is 0 Å². The smallest absolute Gasteiger partial charge is 0.335 e. The van der Waals surface area contributed by atoms with Crippen molar-refractivity contribution in [2.45, 2.75) is 12.5 Å². The summed E-state index contributed by atoms with van der Waals surface area (Å²) >= 11 is 0. The van der Waals surface area contributed by atoms with Gasteiger partial charge in [-0.3, -0.25) is 19.7 Å². The van der Waals surface area contributed by atoms with Gasteiger partial charge in [-0.2, -0.15) is 0 Å². The molecular weight excluding hydrogens is 459 g/mol. The molecule has 0 spiro atoms. The van der Waals surface area contributed by atoms with Gasteiger partial charge >= 0.3 is 5.69 Å². The third-order valence-electron chi connectivity index (χ3n) is 6.25. The van der Waals surface area contributed by atoms with Crippen molar-refractivity contribution in [3.63, 3.8) is 0 Å². The van der Waals surface area contributed by atoms with E-state index >= 15 is 0 Å². The van der Waals surface area contributed by atoms with Gasteiger partial charge in [0.25, 0.3) is 5.56 Å². The number of likely N-dealkylation sites (N-methyl/N-ethyl adjacent to an activating group) is 1. The van der Waals surface area contributed by atoms with Crippen LogP contribution >= 0.6 is 0 Å². The van der Waals surface area contributed by atoms with Crippen molar-refractivity contribution >= 4 is 6.21 Å². The van der Waals surface area contributed by atoms with Gasteiger partial charge in [0.1, 0.15) is 11.4 Å². The highest BCUT2D eigenvalue weighted by atomic mass is 19.1. The Morgan fingerprint density at radius 1 is 1.29 bits per heavy atom. The van der Waals surface area contributed by atoms with E-state index in [0.717, 1.165) is 40.8 Å². The van der Waals surface area contributed by atoms with E-state index in [1.165, 1.54) is 18.3 Å². The molecule has 3 aromatic rings. The Hall–Kier alpha value is -4.12. The number of ether oxygens (including phenoxy) is 3. The van der Waals surface area contributed by atoms with E-state index in [0.29, 0.717) is 17.2 Å². The predicted octanol–water partition coefficient (Wildman–Crippen LogP) is 1.76. The molecule has 2 aromatic carbocycles. The van der Waals surface area contributed by atoms with Crippen molar-refractivity contribution in [1.29, 1.82) is 0 Å². The van der Waals surface area contributed by atoms with Gasteiger partial charge in [0, 0.05) is 18.3 Å². The topological polar surface area (TPSA) is 118 Å². The van der Waals surface area contributed by atoms with Crippen LogP contribution in [0.2, 0.25) is 0 Å². The highest BCUT2D eigenvalue weighted by Gasteiger charge is 2.33. The molecule has 0 bridgehead atoms. The molecule has 2 aliphatic rings. The van der Waals surface area contributed by atoms with E-state index in [4.69, 9.17) is 14.2 Å². The fourth-order valence-electron chi connectivity index (χ4n) is 4.48. The molecule has 2 N–H and O–H groups in total. The van der Waals surface area contributed by atoms with Crippen LogP contribution in [-0.2, 0) is 6.42 Å². The number of aromatic amines is 1. The molecule has 0 fully saturated rings. The van der Waals surface area contributed by atoms with Gasteiger partial charge in [-0.25, -0.2) is 13.8 Å². The van der Waals surface area contributed by atoms with Crippen LogP contribution in [0.1, 0.15) is 22.7 Å². The van der Waals surface area contributed by atoms with Crippen molar-refractivity contribution in [3.8, 4) is 28.8 Å². The summed E-state index contributed by atoms with van der Waals surface area (Å²) < 4.78 is 31.0. The Morgan fingerprint density at radius 3 is 2.80 bits per heavy atom. The molecule has 10 nitrogen and oxygen atoms in total. The molecule has 1 aromatic heterocycles. The predicted molar refractivity (Wildman–Crippen MR) is 125 cm³/mol. The molecule has 0 unspecified atom stereocenters. The number of aromatic hydroxyl groups is 1. The number of nitrogens with zero attached hydrogens (tertiary/aromatic N) is 3. The number of nitrogens with one attached hydrogen (secondary N) is 1. The highest BCUT2D eigenvalue weighted by molar-refractivity contribution is 5.82. The lowest BCUT2D eigenvalue weighted by molar-refractivity contribution is 0.170. The number of rotatable bonds is 5. The van der Waals surface area contributed by atoms with Crippen molar-refractivity contribution in [3.05, 3.63) is 73.7 Å². The maximum absolute atomic E-state index is 13.3. The third-order valence-corrected chi connectivity index (χ3v) is 6.25. The SMILES string of the molecule is COc1c2c(cc3c1[C@H](CN=Cc1c(O)n(-c4ccc(F)cc4)c(=O)[nH]c1=O)N(C)CC3)OCO2. The minimum Gasteiger partial charge on any atom is -0.493 e. The van der Waals surface area contributed by atoms with E-state index in [2.05, 4.69) is 14.9 Å². The van der Waals surface area contributed by atoms with Gasteiger partial charge < -0.3 is 19.3 Å². The summed E-state index contributed by atoms with van der Waals surface area (Å²) in [6, 6.07) is 6.70. The third kappa shape index (κ3) is 3.93. The molecule has 3 heterocycles. The lowest BCUT2D eigenvalue weighted by Gasteiger charge is -2.35. The number of hydrogen-bond donors (Lipinski definition) is 2. The van der Waals surface area contributed by atoms with E-state index < -0.39 is 22.9 Å². The molecule has 0 saturated carbocycles. The van der Waals surface area contributed by atoms with Crippen molar-refractivity contribution in [2.24, 2.45) is 4.99 Å². The molecule has 2 aliphatic heterocycles. The summed E-state index contributed by atoms with van der Waals surface area (Å²) in [5.41, 5.74) is 0.366. The highest BCUT2D eigenvalue weighted by Crippen LogP contribution is 2.49. The number of halogens is 1. The molecule has 1 atom stereocenters. The van der Waals surface area contributed by atoms with Gasteiger partial charge in [-0.15, -0.1) is 0 Å². The van der Waals surface area contributed by atoms with E-state index in [1.54, 1.807) is 7.11 Å². The average molecular weight is 482 g/mol. The van der Waals surface area contributed by atoms with Crippen molar-refractivity contribution in [1.82, 2.24) is 14.5 Å². The Morgan fingerprint density at radius 2 is 2.06 bits per heavy atom. The molecule has 0 aliphatic carbocycles. The van der Waals surface area contributed by atoms with Gasteiger partial charge in [0.05, 0.1) is 25.4 Å². The molecule has 0 radical (unpaired) electrons. The monoisotopic (exact) mass is 482 g/mol. The normalized spacial score (nSPS) is 17.1. The summed E-state index contributed by atoms with van der Waals surface area (Å²) in [6.45, 7) is 1.14. The number of benzene rings is 2. The van der Waals surface area contributed by atoms with Gasteiger partial charge in [-0.1, -0.05) is 0 Å². The molecule has 182 valence electrons. The first-order valence-corrected chi connectivity index (χ1v) is 10.9. The second kappa shape index (κ2) is 8.91. The average Bonchev–Trinajstić information content (AvgIpc) is 3.30. The quantitative estimate of drug-likeness (QED) is 0.532. The lowest BCUT2D eigenvalue weighted by Crippen LogP contribution is -2.34. The summed E-state index contributed by atoms with van der Waals surface area (Å²) in [7, 11) is 3.54. The second-order valence-electron chi connectivity index (χ2n) is 8.27. The fourth-order valence-corrected chi connectivity index (χ4v) is 4.48. The Balaban J connectivity index is 1.50. The van der Waals surface area contributed by atoms with Gasteiger partial charge in [0.15, 0.2) is 11.5 Å². The molecule has 0 saturated heterocycles. The number of hydrogen-bond acceptors (Lipinski definition) is 8. The fraction of sp³-hybridized carbons (Fsp3) is 0.292. The van der Waals surface area contributed by atoms with Crippen LogP contribution in [-0.4, -0.2) is 59.8 Å². The Labute approximate surface area is 198 Å². The number of aliphatic imine (C=N–C) groups is 1. The summed E-state index contributed by atoms with van der Waals surface area (Å²) in [6.07, 6.45) is 2.03. The maximum Gasteiger partial charge on any atom is 0.335 e. The van der Waals surface area contributed by atoms with E-state index in [-0.39, 0.29) is 30.6 Å². The summed E-state index contributed by atoms with van der Waals surface area (Å²) in [5, 5.41) is 10.7. The van der Waals surface area contributed by atoms with Crippen LogP contribution in [0.4, 0.5) is 4.39 Å². The molecular formula is C24H23FN4O6. The summed E-state index contributed by atoms with van der Waals surface area (Å²) in [5.74, 6) is 0.699. The largest absolute Gasteiger partial charge is 0.493 e.